The Balaban J connectivity index is 1.31. The van der Waals surface area contributed by atoms with E-state index in [1.165, 1.54) is 12.1 Å². The summed E-state index contributed by atoms with van der Waals surface area (Å²) in [5.74, 6) is 0.172. The van der Waals surface area contributed by atoms with E-state index in [9.17, 15) is 18.0 Å². The molecule has 1 atom stereocenters. The number of amides is 1. The first-order chi connectivity index (χ1) is 15.3. The first-order valence-electron chi connectivity index (χ1n) is 10.7. The lowest BCUT2D eigenvalue weighted by atomic mass is 9.97. The van der Waals surface area contributed by atoms with Crippen LogP contribution in [-0.2, 0) is 12.6 Å². The summed E-state index contributed by atoms with van der Waals surface area (Å²) in [4.78, 5) is 21.0. The smallest absolute Gasteiger partial charge is 0.340 e. The van der Waals surface area contributed by atoms with Crippen molar-refractivity contribution in [2.45, 2.75) is 25.4 Å². The maximum absolute atomic E-state index is 12.9. The Morgan fingerprint density at radius 2 is 2.09 bits per heavy atom. The highest BCUT2D eigenvalue weighted by molar-refractivity contribution is 5.93. The summed E-state index contributed by atoms with van der Waals surface area (Å²) in [5.41, 5.74) is 1.08. The molecule has 1 fully saturated rings. The van der Waals surface area contributed by atoms with Crippen LogP contribution >= 0.6 is 0 Å². The van der Waals surface area contributed by atoms with E-state index in [1.807, 2.05) is 0 Å². The Hall–Kier alpha value is -2.94. The fraction of sp³-hybridized carbons (Fsp3) is 0.435. The van der Waals surface area contributed by atoms with Crippen LogP contribution in [0.25, 0.3) is 5.65 Å². The molecule has 1 aliphatic rings. The van der Waals surface area contributed by atoms with Gasteiger partial charge in [0.2, 0.25) is 0 Å². The summed E-state index contributed by atoms with van der Waals surface area (Å²) in [6, 6.07) is 8.98. The van der Waals surface area contributed by atoms with Crippen LogP contribution in [0.4, 0.5) is 13.2 Å². The molecule has 0 spiro atoms. The van der Waals surface area contributed by atoms with Crippen LogP contribution in [0.2, 0.25) is 0 Å². The molecule has 1 saturated heterocycles. The zero-order valence-corrected chi connectivity index (χ0v) is 17.9. The number of carbonyl (C=O) groups excluding carboxylic acids is 1. The number of carbonyl (C=O) groups is 1. The summed E-state index contributed by atoms with van der Waals surface area (Å²) < 4.78 is 40.4. The standard InChI is InChI=1S/C23H26F3N5O/c1-29(22(32)20-14-21-27-9-4-11-31(21)28-20)15-18-6-3-10-30(16-18)12-8-17-5-2-7-19(13-17)23(24,25)26/h2,4-5,7,9,11,13-14,18H,3,6,8,10,12,15-16H2,1H3/t18-/m0/s1. The molecular weight excluding hydrogens is 419 g/mol. The minimum absolute atomic E-state index is 0.142. The Bertz CT molecular complexity index is 1050. The Morgan fingerprint density at radius 1 is 1.25 bits per heavy atom. The van der Waals surface area contributed by atoms with E-state index in [-0.39, 0.29) is 5.91 Å². The van der Waals surface area contributed by atoms with E-state index in [1.54, 1.807) is 47.1 Å². The van der Waals surface area contributed by atoms with E-state index in [0.717, 1.165) is 32.0 Å². The number of rotatable bonds is 6. The van der Waals surface area contributed by atoms with Crippen molar-refractivity contribution in [3.63, 3.8) is 0 Å². The molecule has 0 unspecified atom stereocenters. The predicted molar refractivity (Wildman–Crippen MR) is 114 cm³/mol. The quantitative estimate of drug-likeness (QED) is 0.580. The van der Waals surface area contributed by atoms with Crippen molar-refractivity contribution in [3.05, 3.63) is 65.6 Å². The van der Waals surface area contributed by atoms with E-state index >= 15 is 0 Å². The highest BCUT2D eigenvalue weighted by atomic mass is 19.4. The average molecular weight is 445 g/mol. The number of hydrogen-bond donors (Lipinski definition) is 0. The highest BCUT2D eigenvalue weighted by Crippen LogP contribution is 2.29. The summed E-state index contributed by atoms with van der Waals surface area (Å²) in [5, 5.41) is 4.30. The second-order valence-electron chi connectivity index (χ2n) is 8.39. The molecule has 3 heterocycles. The average Bonchev–Trinajstić information content (AvgIpc) is 3.21. The van der Waals surface area contributed by atoms with Crippen LogP contribution in [0, 0.1) is 5.92 Å². The first-order valence-corrected chi connectivity index (χ1v) is 10.7. The third-order valence-electron chi connectivity index (χ3n) is 5.91. The van der Waals surface area contributed by atoms with Gasteiger partial charge in [0.15, 0.2) is 11.3 Å². The number of alkyl halides is 3. The molecule has 0 aliphatic carbocycles. The minimum atomic E-state index is -4.32. The number of likely N-dealkylation sites (tertiary alicyclic amines) is 1. The molecule has 0 bridgehead atoms. The number of halogens is 3. The predicted octanol–water partition coefficient (Wildman–Crippen LogP) is 3.77. The van der Waals surface area contributed by atoms with E-state index in [0.29, 0.717) is 42.3 Å². The molecule has 170 valence electrons. The largest absolute Gasteiger partial charge is 0.416 e. The van der Waals surface area contributed by atoms with Gasteiger partial charge in [-0.2, -0.15) is 18.3 Å². The molecule has 0 N–H and O–H groups in total. The third kappa shape index (κ3) is 5.27. The summed E-state index contributed by atoms with van der Waals surface area (Å²) in [6.07, 6.45) is 1.69. The van der Waals surface area contributed by atoms with Crippen LogP contribution < -0.4 is 0 Å². The summed E-state index contributed by atoms with van der Waals surface area (Å²) >= 11 is 0. The van der Waals surface area contributed by atoms with Gasteiger partial charge in [0.1, 0.15) is 0 Å². The topological polar surface area (TPSA) is 53.7 Å². The Kier molecular flexibility index (Phi) is 6.45. The molecular formula is C23H26F3N5O. The Morgan fingerprint density at radius 3 is 2.88 bits per heavy atom. The van der Waals surface area contributed by atoms with Crippen molar-refractivity contribution in [1.29, 1.82) is 0 Å². The number of nitrogens with zero attached hydrogens (tertiary/aromatic N) is 5. The van der Waals surface area contributed by atoms with Crippen LogP contribution in [0.1, 0.15) is 34.5 Å². The van der Waals surface area contributed by atoms with Crippen molar-refractivity contribution in [1.82, 2.24) is 24.4 Å². The SMILES string of the molecule is CN(C[C@@H]1CCCN(CCc2cccc(C(F)(F)F)c2)C1)C(=O)c1cc2ncccn2n1. The normalized spacial score (nSPS) is 17.6. The Labute approximate surface area is 184 Å². The van der Waals surface area contributed by atoms with Crippen LogP contribution in [0.3, 0.4) is 0 Å². The number of aromatic nitrogens is 3. The van der Waals surface area contributed by atoms with Gasteiger partial charge in [0.05, 0.1) is 5.56 Å². The fourth-order valence-corrected chi connectivity index (χ4v) is 4.29. The van der Waals surface area contributed by atoms with Crippen molar-refractivity contribution in [2.75, 3.05) is 33.2 Å². The fourth-order valence-electron chi connectivity index (χ4n) is 4.29. The van der Waals surface area contributed by atoms with Gasteiger partial charge in [-0.1, -0.05) is 18.2 Å². The summed E-state index contributed by atoms with van der Waals surface area (Å²) in [7, 11) is 1.78. The molecule has 1 aliphatic heterocycles. The molecule has 4 rings (SSSR count). The van der Waals surface area contributed by atoms with Gasteiger partial charge in [-0.25, -0.2) is 9.50 Å². The number of fused-ring (bicyclic) bond motifs is 1. The van der Waals surface area contributed by atoms with Crippen LogP contribution in [-0.4, -0.2) is 63.5 Å². The van der Waals surface area contributed by atoms with E-state index < -0.39 is 11.7 Å². The first kappa shape index (κ1) is 22.3. The lowest BCUT2D eigenvalue weighted by molar-refractivity contribution is -0.137. The summed E-state index contributed by atoms with van der Waals surface area (Å²) in [6.45, 7) is 3.06. The molecule has 2 aromatic heterocycles. The second-order valence-corrected chi connectivity index (χ2v) is 8.39. The van der Waals surface area contributed by atoms with Crippen molar-refractivity contribution < 1.29 is 18.0 Å². The second kappa shape index (κ2) is 9.28. The molecule has 1 aromatic carbocycles. The maximum Gasteiger partial charge on any atom is 0.416 e. The van der Waals surface area contributed by atoms with Crippen LogP contribution in [0.5, 0.6) is 0 Å². The monoisotopic (exact) mass is 445 g/mol. The van der Waals surface area contributed by atoms with Gasteiger partial charge in [-0.3, -0.25) is 4.79 Å². The number of benzene rings is 1. The number of hydrogen-bond acceptors (Lipinski definition) is 4. The molecule has 3 aromatic rings. The van der Waals surface area contributed by atoms with Crippen molar-refractivity contribution in [2.24, 2.45) is 5.92 Å². The zero-order chi connectivity index (χ0) is 22.7. The number of piperidine rings is 1. The minimum Gasteiger partial charge on any atom is -0.340 e. The molecule has 32 heavy (non-hydrogen) atoms. The molecule has 0 radical (unpaired) electrons. The van der Waals surface area contributed by atoms with Crippen LogP contribution in [0.15, 0.2) is 48.8 Å². The van der Waals surface area contributed by atoms with Gasteiger partial charge >= 0.3 is 6.18 Å². The van der Waals surface area contributed by atoms with Gasteiger partial charge in [0, 0.05) is 45.1 Å². The molecule has 9 heteroatoms. The lowest BCUT2D eigenvalue weighted by Crippen LogP contribution is -2.42. The molecule has 1 amide bonds. The van der Waals surface area contributed by atoms with E-state index in [2.05, 4.69) is 15.0 Å². The lowest BCUT2D eigenvalue weighted by Gasteiger charge is -2.34. The highest BCUT2D eigenvalue weighted by Gasteiger charge is 2.30. The van der Waals surface area contributed by atoms with E-state index in [4.69, 9.17) is 0 Å². The van der Waals surface area contributed by atoms with Gasteiger partial charge in [-0.05, 0) is 49.4 Å². The molecule has 6 nitrogen and oxygen atoms in total. The third-order valence-corrected chi connectivity index (χ3v) is 5.91. The maximum atomic E-state index is 12.9. The zero-order valence-electron chi connectivity index (χ0n) is 17.9. The van der Waals surface area contributed by atoms with Gasteiger partial charge < -0.3 is 9.80 Å². The van der Waals surface area contributed by atoms with Crippen molar-refractivity contribution >= 4 is 11.6 Å². The van der Waals surface area contributed by atoms with Gasteiger partial charge in [0.25, 0.3) is 5.91 Å². The van der Waals surface area contributed by atoms with Crippen molar-refractivity contribution in [3.8, 4) is 0 Å². The molecule has 0 saturated carbocycles. The van der Waals surface area contributed by atoms with Gasteiger partial charge in [-0.15, -0.1) is 0 Å².